The number of amides is 1. The summed E-state index contributed by atoms with van der Waals surface area (Å²) in [6.07, 6.45) is 1.85. The number of hydrogen-bond acceptors (Lipinski definition) is 3. The average Bonchev–Trinajstić information content (AvgIpc) is 2.60. The summed E-state index contributed by atoms with van der Waals surface area (Å²) in [5.41, 5.74) is 4.12. The Hall–Kier alpha value is -2.34. The molecule has 0 radical (unpaired) electrons. The van der Waals surface area contributed by atoms with Gasteiger partial charge in [-0.1, -0.05) is 37.3 Å². The Labute approximate surface area is 156 Å². The second kappa shape index (κ2) is 7.91. The van der Waals surface area contributed by atoms with Crippen molar-refractivity contribution in [3.05, 3.63) is 64.7 Å². The Morgan fingerprint density at radius 1 is 1.12 bits per heavy atom. The third-order valence-corrected chi connectivity index (χ3v) is 5.82. The maximum absolute atomic E-state index is 12.9. The van der Waals surface area contributed by atoms with E-state index < -0.39 is 10.0 Å². The maximum atomic E-state index is 12.9. The second-order valence-electron chi connectivity index (χ2n) is 6.53. The highest BCUT2D eigenvalue weighted by Gasteiger charge is 2.21. The molecule has 0 saturated carbocycles. The van der Waals surface area contributed by atoms with Crippen molar-refractivity contribution in [2.24, 2.45) is 0 Å². The van der Waals surface area contributed by atoms with Crippen LogP contribution in [0.3, 0.4) is 0 Å². The lowest BCUT2D eigenvalue weighted by Crippen LogP contribution is -2.32. The van der Waals surface area contributed by atoms with E-state index in [1.165, 1.54) is 18.2 Å². The van der Waals surface area contributed by atoms with Crippen LogP contribution < -0.4 is 9.62 Å². The van der Waals surface area contributed by atoms with Gasteiger partial charge in [-0.2, -0.15) is 0 Å². The Morgan fingerprint density at radius 2 is 1.77 bits per heavy atom. The Kier molecular flexibility index (Phi) is 6.08. The van der Waals surface area contributed by atoms with E-state index in [0.717, 1.165) is 22.5 Å². The van der Waals surface area contributed by atoms with E-state index in [1.807, 2.05) is 26.0 Å². The first-order valence-corrected chi connectivity index (χ1v) is 10.4. The largest absolute Gasteiger partial charge is 0.345 e. The summed E-state index contributed by atoms with van der Waals surface area (Å²) < 4.78 is 24.9. The lowest BCUT2D eigenvalue weighted by atomic mass is 9.99. The molecule has 1 N–H and O–H groups in total. The van der Waals surface area contributed by atoms with Crippen molar-refractivity contribution < 1.29 is 13.2 Å². The molecule has 0 unspecified atom stereocenters. The standard InChI is InChI=1S/C20H26N2O3S/c1-6-18(16-12-11-14(2)15(3)13-16)21-20(23)17-9-7-8-10-19(17)22(4)26(5,24)25/h7-13,18H,6H2,1-5H3,(H,21,23)/t18-/m1/s1. The molecule has 0 bridgehead atoms. The van der Waals surface area contributed by atoms with Crippen LogP contribution in [0.15, 0.2) is 42.5 Å². The fraction of sp³-hybridized carbons (Fsp3) is 0.350. The van der Waals surface area contributed by atoms with Crippen LogP contribution in [0.2, 0.25) is 0 Å². The quantitative estimate of drug-likeness (QED) is 0.840. The van der Waals surface area contributed by atoms with Crippen LogP contribution >= 0.6 is 0 Å². The number of benzene rings is 2. The maximum Gasteiger partial charge on any atom is 0.253 e. The molecular formula is C20H26N2O3S. The van der Waals surface area contributed by atoms with Gasteiger partial charge in [0, 0.05) is 7.05 Å². The molecule has 0 aliphatic rings. The van der Waals surface area contributed by atoms with Gasteiger partial charge in [-0.25, -0.2) is 8.42 Å². The number of anilines is 1. The molecule has 0 heterocycles. The predicted molar refractivity (Wildman–Crippen MR) is 106 cm³/mol. The molecule has 2 aromatic carbocycles. The molecule has 5 nitrogen and oxygen atoms in total. The van der Waals surface area contributed by atoms with E-state index in [1.54, 1.807) is 24.3 Å². The second-order valence-corrected chi connectivity index (χ2v) is 8.54. The van der Waals surface area contributed by atoms with Gasteiger partial charge < -0.3 is 5.32 Å². The molecule has 6 heteroatoms. The van der Waals surface area contributed by atoms with Crippen molar-refractivity contribution >= 4 is 21.6 Å². The number of aryl methyl sites for hydroxylation is 2. The van der Waals surface area contributed by atoms with Gasteiger partial charge in [0.1, 0.15) is 0 Å². The fourth-order valence-corrected chi connectivity index (χ4v) is 3.27. The molecule has 26 heavy (non-hydrogen) atoms. The topological polar surface area (TPSA) is 66.5 Å². The zero-order valence-corrected chi connectivity index (χ0v) is 16.7. The van der Waals surface area contributed by atoms with Crippen LogP contribution in [0.5, 0.6) is 0 Å². The molecule has 140 valence electrons. The van der Waals surface area contributed by atoms with Crippen LogP contribution in [-0.2, 0) is 10.0 Å². The molecule has 0 saturated heterocycles. The molecule has 1 atom stereocenters. The van der Waals surface area contributed by atoms with Gasteiger partial charge in [0.2, 0.25) is 10.0 Å². The highest BCUT2D eigenvalue weighted by atomic mass is 32.2. The smallest absolute Gasteiger partial charge is 0.253 e. The van der Waals surface area contributed by atoms with Crippen LogP contribution in [-0.4, -0.2) is 27.6 Å². The molecule has 1 amide bonds. The Balaban J connectivity index is 2.33. The van der Waals surface area contributed by atoms with E-state index in [4.69, 9.17) is 0 Å². The number of para-hydroxylation sites is 1. The predicted octanol–water partition coefficient (Wildman–Crippen LogP) is 3.58. The first kappa shape index (κ1) is 20.0. The van der Waals surface area contributed by atoms with Gasteiger partial charge in [-0.3, -0.25) is 9.10 Å². The summed E-state index contributed by atoms with van der Waals surface area (Å²) in [4.78, 5) is 12.9. The van der Waals surface area contributed by atoms with Crippen LogP contribution in [0.1, 0.15) is 46.4 Å². The summed E-state index contributed by atoms with van der Waals surface area (Å²) in [5.74, 6) is -0.291. The minimum atomic E-state index is -3.46. The summed E-state index contributed by atoms with van der Waals surface area (Å²) >= 11 is 0. The van der Waals surface area contributed by atoms with Gasteiger partial charge in [0.25, 0.3) is 5.91 Å². The number of carbonyl (C=O) groups is 1. The monoisotopic (exact) mass is 374 g/mol. The fourth-order valence-electron chi connectivity index (χ4n) is 2.76. The first-order valence-electron chi connectivity index (χ1n) is 8.56. The number of rotatable bonds is 6. The highest BCUT2D eigenvalue weighted by Crippen LogP contribution is 2.24. The van der Waals surface area contributed by atoms with Gasteiger partial charge >= 0.3 is 0 Å². The van der Waals surface area contributed by atoms with Crippen molar-refractivity contribution in [3.8, 4) is 0 Å². The molecule has 0 aliphatic heterocycles. The SMILES string of the molecule is CC[C@@H](NC(=O)c1ccccc1N(C)S(C)(=O)=O)c1ccc(C)c(C)c1. The molecular weight excluding hydrogens is 348 g/mol. The van der Waals surface area contributed by atoms with E-state index >= 15 is 0 Å². The van der Waals surface area contributed by atoms with Crippen molar-refractivity contribution in [1.29, 1.82) is 0 Å². The number of nitrogens with one attached hydrogen (secondary N) is 1. The summed E-state index contributed by atoms with van der Waals surface area (Å²) in [7, 11) is -2.01. The Bertz CT molecular complexity index is 907. The first-order chi connectivity index (χ1) is 12.1. The number of hydrogen-bond donors (Lipinski definition) is 1. The molecule has 0 aliphatic carbocycles. The summed E-state index contributed by atoms with van der Waals surface area (Å²) in [5, 5.41) is 3.03. The number of sulfonamides is 1. The minimum Gasteiger partial charge on any atom is -0.345 e. The zero-order chi connectivity index (χ0) is 19.5. The van der Waals surface area contributed by atoms with Crippen LogP contribution in [0, 0.1) is 13.8 Å². The normalized spacial score (nSPS) is 12.5. The minimum absolute atomic E-state index is 0.140. The van der Waals surface area contributed by atoms with Crippen LogP contribution in [0.4, 0.5) is 5.69 Å². The molecule has 0 aromatic heterocycles. The van der Waals surface area contributed by atoms with Gasteiger partial charge in [0.15, 0.2) is 0 Å². The Morgan fingerprint density at radius 3 is 2.35 bits per heavy atom. The number of carbonyl (C=O) groups excluding carboxylic acids is 1. The third-order valence-electron chi connectivity index (χ3n) is 4.63. The lowest BCUT2D eigenvalue weighted by molar-refractivity contribution is 0.0936. The van der Waals surface area contributed by atoms with Crippen molar-refractivity contribution in [1.82, 2.24) is 5.32 Å². The van der Waals surface area contributed by atoms with Gasteiger partial charge in [-0.15, -0.1) is 0 Å². The van der Waals surface area contributed by atoms with Crippen molar-refractivity contribution in [2.75, 3.05) is 17.6 Å². The molecule has 0 spiro atoms. The number of nitrogens with zero attached hydrogens (tertiary/aromatic N) is 1. The average molecular weight is 375 g/mol. The summed E-state index contributed by atoms with van der Waals surface area (Å²) in [6, 6.07) is 12.7. The molecule has 2 aromatic rings. The van der Waals surface area contributed by atoms with Crippen molar-refractivity contribution in [2.45, 2.75) is 33.2 Å². The van der Waals surface area contributed by atoms with E-state index in [2.05, 4.69) is 18.3 Å². The van der Waals surface area contributed by atoms with Gasteiger partial charge in [0.05, 0.1) is 23.5 Å². The van der Waals surface area contributed by atoms with Crippen molar-refractivity contribution in [3.63, 3.8) is 0 Å². The van der Waals surface area contributed by atoms with E-state index in [0.29, 0.717) is 11.3 Å². The lowest BCUT2D eigenvalue weighted by Gasteiger charge is -2.22. The van der Waals surface area contributed by atoms with E-state index in [-0.39, 0.29) is 11.9 Å². The highest BCUT2D eigenvalue weighted by molar-refractivity contribution is 7.92. The third kappa shape index (κ3) is 4.43. The molecule has 2 rings (SSSR count). The van der Waals surface area contributed by atoms with E-state index in [9.17, 15) is 13.2 Å². The zero-order valence-electron chi connectivity index (χ0n) is 15.9. The van der Waals surface area contributed by atoms with Crippen LogP contribution in [0.25, 0.3) is 0 Å². The van der Waals surface area contributed by atoms with Gasteiger partial charge in [-0.05, 0) is 49.1 Å². The molecule has 0 fully saturated rings. The summed E-state index contributed by atoms with van der Waals surface area (Å²) in [6.45, 7) is 6.11.